The first kappa shape index (κ1) is 19.0. The summed E-state index contributed by atoms with van der Waals surface area (Å²) in [5, 5.41) is 0. The van der Waals surface area contributed by atoms with Crippen molar-refractivity contribution in [3.8, 4) is 0 Å². The molecule has 1 rings (SSSR count). The van der Waals surface area contributed by atoms with Crippen molar-refractivity contribution in [1.29, 1.82) is 0 Å². The summed E-state index contributed by atoms with van der Waals surface area (Å²) in [5.74, 6) is 0.896. The van der Waals surface area contributed by atoms with E-state index in [9.17, 15) is 0 Å². The first-order valence-corrected chi connectivity index (χ1v) is 9.94. The van der Waals surface area contributed by atoms with E-state index in [1.54, 1.807) is 0 Å². The summed E-state index contributed by atoms with van der Waals surface area (Å²) < 4.78 is 0. The second-order valence-electron chi connectivity index (χ2n) is 7.75. The van der Waals surface area contributed by atoms with Crippen LogP contribution in [0.3, 0.4) is 0 Å². The Labute approximate surface area is 134 Å². The van der Waals surface area contributed by atoms with Crippen LogP contribution < -0.4 is 0 Å². The zero-order valence-corrected chi connectivity index (χ0v) is 15.2. The van der Waals surface area contributed by atoms with Gasteiger partial charge in [-0.25, -0.2) is 0 Å². The van der Waals surface area contributed by atoms with Gasteiger partial charge < -0.3 is 4.90 Å². The van der Waals surface area contributed by atoms with E-state index in [0.29, 0.717) is 0 Å². The monoisotopic (exact) mass is 295 g/mol. The van der Waals surface area contributed by atoms with Gasteiger partial charge in [-0.05, 0) is 45.2 Å². The molecule has 0 N–H and O–H groups in total. The van der Waals surface area contributed by atoms with Gasteiger partial charge in [0.05, 0.1) is 0 Å². The van der Waals surface area contributed by atoms with E-state index < -0.39 is 0 Å². The predicted octanol–water partition coefficient (Wildman–Crippen LogP) is 6.42. The summed E-state index contributed by atoms with van der Waals surface area (Å²) in [6.07, 6.45) is 18.9. The van der Waals surface area contributed by atoms with Crippen LogP contribution in [-0.2, 0) is 0 Å². The standard InChI is InChI=1S/C20H41N/c1-19(2)15-11-9-7-5-4-6-8-10-12-16-20(3)21-17-13-14-18-21/h19-20H,4-18H2,1-3H3. The van der Waals surface area contributed by atoms with Crippen LogP contribution in [0.15, 0.2) is 0 Å². The molecule has 1 atom stereocenters. The van der Waals surface area contributed by atoms with Crippen molar-refractivity contribution < 1.29 is 0 Å². The van der Waals surface area contributed by atoms with Crippen molar-refractivity contribution in [1.82, 2.24) is 4.90 Å². The molecule has 1 aliphatic heterocycles. The van der Waals surface area contributed by atoms with Crippen LogP contribution in [0.25, 0.3) is 0 Å². The topological polar surface area (TPSA) is 3.24 Å². The first-order valence-electron chi connectivity index (χ1n) is 9.94. The van der Waals surface area contributed by atoms with E-state index >= 15 is 0 Å². The number of hydrogen-bond acceptors (Lipinski definition) is 1. The Morgan fingerprint density at radius 3 is 1.52 bits per heavy atom. The van der Waals surface area contributed by atoms with E-state index in [1.807, 2.05) is 0 Å². The SMILES string of the molecule is CC(C)CCCCCCCCCCCC(C)N1CCCC1. The third-order valence-corrected chi connectivity index (χ3v) is 5.17. The van der Waals surface area contributed by atoms with Crippen molar-refractivity contribution in [2.24, 2.45) is 5.92 Å². The van der Waals surface area contributed by atoms with Gasteiger partial charge in [-0.3, -0.25) is 0 Å². The Balaban J connectivity index is 1.76. The van der Waals surface area contributed by atoms with E-state index in [-0.39, 0.29) is 0 Å². The molecule has 0 spiro atoms. The molecule has 1 saturated heterocycles. The molecule has 1 aliphatic rings. The molecule has 0 aliphatic carbocycles. The first-order chi connectivity index (χ1) is 10.2. The Morgan fingerprint density at radius 2 is 1.05 bits per heavy atom. The van der Waals surface area contributed by atoms with Gasteiger partial charge in [0, 0.05) is 6.04 Å². The van der Waals surface area contributed by atoms with Gasteiger partial charge in [0.2, 0.25) is 0 Å². The van der Waals surface area contributed by atoms with Crippen LogP contribution in [-0.4, -0.2) is 24.0 Å². The maximum atomic E-state index is 2.69. The van der Waals surface area contributed by atoms with Gasteiger partial charge in [-0.2, -0.15) is 0 Å². The largest absolute Gasteiger partial charge is 0.301 e. The zero-order valence-electron chi connectivity index (χ0n) is 15.2. The van der Waals surface area contributed by atoms with Crippen LogP contribution in [0.2, 0.25) is 0 Å². The van der Waals surface area contributed by atoms with E-state index in [1.165, 1.54) is 96.6 Å². The average Bonchev–Trinajstić information content (AvgIpc) is 2.98. The van der Waals surface area contributed by atoms with Crippen LogP contribution in [0.5, 0.6) is 0 Å². The lowest BCUT2D eigenvalue weighted by Crippen LogP contribution is -2.29. The Morgan fingerprint density at radius 1 is 0.619 bits per heavy atom. The Kier molecular flexibility index (Phi) is 11.3. The molecule has 21 heavy (non-hydrogen) atoms. The van der Waals surface area contributed by atoms with Gasteiger partial charge in [0.25, 0.3) is 0 Å². The Hall–Kier alpha value is -0.0400. The number of unbranched alkanes of at least 4 members (excludes halogenated alkanes) is 8. The van der Waals surface area contributed by atoms with Gasteiger partial charge in [0.15, 0.2) is 0 Å². The maximum absolute atomic E-state index is 2.69. The molecule has 1 heterocycles. The molecule has 0 aromatic heterocycles. The minimum atomic E-state index is 0.841. The molecule has 1 heteroatoms. The van der Waals surface area contributed by atoms with Crippen LogP contribution >= 0.6 is 0 Å². The molecule has 0 aromatic rings. The fraction of sp³-hybridized carbons (Fsp3) is 1.00. The molecule has 0 saturated carbocycles. The molecule has 0 radical (unpaired) electrons. The van der Waals surface area contributed by atoms with Crippen molar-refractivity contribution in [3.63, 3.8) is 0 Å². The van der Waals surface area contributed by atoms with Crippen molar-refractivity contribution in [2.45, 2.75) is 110 Å². The summed E-state index contributed by atoms with van der Waals surface area (Å²) in [5.41, 5.74) is 0. The smallest absolute Gasteiger partial charge is 0.00669 e. The molecule has 126 valence electrons. The van der Waals surface area contributed by atoms with E-state index in [2.05, 4.69) is 25.7 Å². The van der Waals surface area contributed by atoms with Gasteiger partial charge >= 0.3 is 0 Å². The van der Waals surface area contributed by atoms with E-state index in [0.717, 1.165) is 12.0 Å². The molecule has 1 unspecified atom stereocenters. The van der Waals surface area contributed by atoms with Crippen molar-refractivity contribution in [2.75, 3.05) is 13.1 Å². The van der Waals surface area contributed by atoms with Crippen LogP contribution in [0, 0.1) is 5.92 Å². The minimum absolute atomic E-state index is 0.841. The second kappa shape index (κ2) is 12.5. The quantitative estimate of drug-likeness (QED) is 0.354. The molecule has 0 bridgehead atoms. The normalized spacial score (nSPS) is 17.7. The lowest BCUT2D eigenvalue weighted by atomic mass is 10.0. The fourth-order valence-corrected chi connectivity index (χ4v) is 3.59. The lowest BCUT2D eigenvalue weighted by molar-refractivity contribution is 0.242. The molecule has 1 nitrogen and oxygen atoms in total. The predicted molar refractivity (Wildman–Crippen MR) is 95.9 cm³/mol. The third-order valence-electron chi connectivity index (χ3n) is 5.17. The molecule has 0 aromatic carbocycles. The number of hydrogen-bond donors (Lipinski definition) is 0. The molecular formula is C20H41N. The van der Waals surface area contributed by atoms with Gasteiger partial charge in [-0.1, -0.05) is 78.1 Å². The third kappa shape index (κ3) is 10.3. The van der Waals surface area contributed by atoms with Crippen LogP contribution in [0.1, 0.15) is 104 Å². The van der Waals surface area contributed by atoms with Gasteiger partial charge in [0.1, 0.15) is 0 Å². The number of nitrogens with zero attached hydrogens (tertiary/aromatic N) is 1. The van der Waals surface area contributed by atoms with E-state index in [4.69, 9.17) is 0 Å². The lowest BCUT2D eigenvalue weighted by Gasteiger charge is -2.23. The highest BCUT2D eigenvalue weighted by Gasteiger charge is 2.16. The fourth-order valence-electron chi connectivity index (χ4n) is 3.59. The summed E-state index contributed by atoms with van der Waals surface area (Å²) in [6, 6.07) is 0.841. The average molecular weight is 296 g/mol. The zero-order chi connectivity index (χ0) is 15.3. The highest BCUT2D eigenvalue weighted by Crippen LogP contribution is 2.17. The summed E-state index contributed by atoms with van der Waals surface area (Å²) in [6.45, 7) is 9.83. The van der Waals surface area contributed by atoms with Gasteiger partial charge in [-0.15, -0.1) is 0 Å². The molecule has 0 amide bonds. The highest BCUT2D eigenvalue weighted by atomic mass is 15.2. The van der Waals surface area contributed by atoms with Crippen molar-refractivity contribution in [3.05, 3.63) is 0 Å². The minimum Gasteiger partial charge on any atom is -0.301 e. The highest BCUT2D eigenvalue weighted by molar-refractivity contribution is 4.72. The summed E-state index contributed by atoms with van der Waals surface area (Å²) in [4.78, 5) is 2.69. The summed E-state index contributed by atoms with van der Waals surface area (Å²) in [7, 11) is 0. The van der Waals surface area contributed by atoms with Crippen molar-refractivity contribution >= 4 is 0 Å². The Bertz CT molecular complexity index is 218. The second-order valence-corrected chi connectivity index (χ2v) is 7.75. The number of likely N-dealkylation sites (tertiary alicyclic amines) is 1. The summed E-state index contributed by atoms with van der Waals surface area (Å²) >= 11 is 0. The molecule has 1 fully saturated rings. The maximum Gasteiger partial charge on any atom is 0.00669 e. The number of rotatable bonds is 13. The molecular weight excluding hydrogens is 254 g/mol. The van der Waals surface area contributed by atoms with Crippen LogP contribution in [0.4, 0.5) is 0 Å².